The van der Waals surface area contributed by atoms with E-state index in [-0.39, 0.29) is 0 Å². The highest BCUT2D eigenvalue weighted by molar-refractivity contribution is 7.99. The van der Waals surface area contributed by atoms with E-state index >= 15 is 0 Å². The quantitative estimate of drug-likeness (QED) is 0.869. The van der Waals surface area contributed by atoms with Gasteiger partial charge in [0.05, 0.1) is 6.54 Å². The Morgan fingerprint density at radius 2 is 2.40 bits per heavy atom. The van der Waals surface area contributed by atoms with E-state index in [0.717, 1.165) is 22.7 Å². The van der Waals surface area contributed by atoms with Crippen molar-refractivity contribution in [1.29, 1.82) is 0 Å². The molecule has 1 atom stereocenters. The van der Waals surface area contributed by atoms with Crippen molar-refractivity contribution in [3.63, 3.8) is 0 Å². The fourth-order valence-corrected chi connectivity index (χ4v) is 3.69. The molecule has 1 unspecified atom stereocenters. The van der Waals surface area contributed by atoms with Crippen LogP contribution in [0.2, 0.25) is 0 Å². The molecule has 0 amide bonds. The number of hydrogen-bond acceptors (Lipinski definition) is 6. The van der Waals surface area contributed by atoms with Crippen LogP contribution in [0.15, 0.2) is 0 Å². The van der Waals surface area contributed by atoms with Crippen molar-refractivity contribution < 1.29 is 0 Å². The molecule has 1 saturated heterocycles. The minimum atomic E-state index is 0.719. The van der Waals surface area contributed by atoms with Crippen molar-refractivity contribution in [3.05, 3.63) is 5.01 Å². The Morgan fingerprint density at radius 3 is 3.00 bits per heavy atom. The van der Waals surface area contributed by atoms with Crippen molar-refractivity contribution in [3.8, 4) is 0 Å². The summed E-state index contributed by atoms with van der Waals surface area (Å²) in [5.74, 6) is 2.56. The van der Waals surface area contributed by atoms with Crippen molar-refractivity contribution in [2.45, 2.75) is 19.0 Å². The number of aromatic nitrogens is 2. The van der Waals surface area contributed by atoms with Crippen LogP contribution in [0.1, 0.15) is 11.4 Å². The molecule has 4 nitrogen and oxygen atoms in total. The number of hydrogen-bond donors (Lipinski definition) is 1. The molecule has 15 heavy (non-hydrogen) atoms. The monoisotopic (exact) mass is 244 g/mol. The zero-order chi connectivity index (χ0) is 10.7. The number of nitrogens with one attached hydrogen (secondary N) is 1. The van der Waals surface area contributed by atoms with Crippen LogP contribution >= 0.6 is 23.1 Å². The largest absolute Gasteiger partial charge is 0.363 e. The standard InChI is InChI=1S/C9H16N4S2/c1-10-9-12-11-8(15-9)5-13(2)7-3-4-14-6-7/h7H,3-6H2,1-2H3,(H,10,12). The van der Waals surface area contributed by atoms with Gasteiger partial charge in [0, 0.05) is 18.8 Å². The third kappa shape index (κ3) is 2.83. The molecule has 1 N–H and O–H groups in total. The molecule has 0 aromatic carbocycles. The maximum absolute atomic E-state index is 4.16. The molecule has 2 rings (SSSR count). The molecule has 1 aromatic rings. The Labute approximate surface area is 98.5 Å². The van der Waals surface area contributed by atoms with Gasteiger partial charge in [-0.25, -0.2) is 0 Å². The molecule has 0 aliphatic carbocycles. The summed E-state index contributed by atoms with van der Waals surface area (Å²) in [7, 11) is 4.05. The molecule has 0 radical (unpaired) electrons. The summed E-state index contributed by atoms with van der Waals surface area (Å²) in [6, 6.07) is 0.719. The molecule has 2 heterocycles. The lowest BCUT2D eigenvalue weighted by molar-refractivity contribution is 0.253. The fourth-order valence-electron chi connectivity index (χ4n) is 1.63. The second-order valence-corrected chi connectivity index (χ2v) is 5.90. The summed E-state index contributed by atoms with van der Waals surface area (Å²) < 4.78 is 0. The maximum atomic E-state index is 4.16. The van der Waals surface area contributed by atoms with Crippen molar-refractivity contribution in [2.75, 3.05) is 30.9 Å². The summed E-state index contributed by atoms with van der Waals surface area (Å²) >= 11 is 3.68. The third-order valence-electron chi connectivity index (χ3n) is 2.59. The number of thioether (sulfide) groups is 1. The third-order valence-corrected chi connectivity index (χ3v) is 4.66. The zero-order valence-corrected chi connectivity index (χ0v) is 10.7. The first kappa shape index (κ1) is 11.2. The van der Waals surface area contributed by atoms with Crippen LogP contribution in [0.3, 0.4) is 0 Å². The molecule has 6 heteroatoms. The second-order valence-electron chi connectivity index (χ2n) is 3.68. The second kappa shape index (κ2) is 5.14. The van der Waals surface area contributed by atoms with Gasteiger partial charge in [0.15, 0.2) is 0 Å². The van der Waals surface area contributed by atoms with Crippen LogP contribution in [-0.4, -0.2) is 46.7 Å². The van der Waals surface area contributed by atoms with Crippen LogP contribution in [0, 0.1) is 0 Å². The normalized spacial score (nSPS) is 21.1. The van der Waals surface area contributed by atoms with Gasteiger partial charge >= 0.3 is 0 Å². The molecule has 1 aromatic heterocycles. The highest BCUT2D eigenvalue weighted by Crippen LogP contribution is 2.23. The average molecular weight is 244 g/mol. The smallest absolute Gasteiger partial charge is 0.205 e. The Kier molecular flexibility index (Phi) is 3.82. The molecule has 1 fully saturated rings. The fraction of sp³-hybridized carbons (Fsp3) is 0.778. The van der Waals surface area contributed by atoms with Gasteiger partial charge in [0.25, 0.3) is 0 Å². The van der Waals surface area contributed by atoms with Crippen LogP contribution in [0.25, 0.3) is 0 Å². The van der Waals surface area contributed by atoms with Gasteiger partial charge in [-0.05, 0) is 19.2 Å². The summed E-state index contributed by atoms with van der Waals surface area (Å²) in [6.45, 7) is 0.921. The van der Waals surface area contributed by atoms with Gasteiger partial charge in [-0.15, -0.1) is 10.2 Å². The first-order chi connectivity index (χ1) is 7.29. The molecular weight excluding hydrogens is 228 g/mol. The number of rotatable bonds is 4. The topological polar surface area (TPSA) is 41.1 Å². The van der Waals surface area contributed by atoms with E-state index in [2.05, 4.69) is 27.5 Å². The highest BCUT2D eigenvalue weighted by Gasteiger charge is 2.20. The lowest BCUT2D eigenvalue weighted by Crippen LogP contribution is -2.30. The van der Waals surface area contributed by atoms with Gasteiger partial charge in [0.2, 0.25) is 5.13 Å². The summed E-state index contributed by atoms with van der Waals surface area (Å²) in [5, 5.41) is 13.2. The van der Waals surface area contributed by atoms with Gasteiger partial charge in [-0.1, -0.05) is 11.3 Å². The molecular formula is C9H16N4S2. The van der Waals surface area contributed by atoms with E-state index < -0.39 is 0 Å². The Morgan fingerprint density at radius 1 is 1.53 bits per heavy atom. The predicted molar refractivity (Wildman–Crippen MR) is 66.7 cm³/mol. The number of anilines is 1. The summed E-state index contributed by atoms with van der Waals surface area (Å²) in [5.41, 5.74) is 0. The molecule has 1 aliphatic rings. The summed E-state index contributed by atoms with van der Waals surface area (Å²) in [4.78, 5) is 2.39. The average Bonchev–Trinajstić information content (AvgIpc) is 2.87. The Balaban J connectivity index is 1.89. The summed E-state index contributed by atoms with van der Waals surface area (Å²) in [6.07, 6.45) is 1.30. The van der Waals surface area contributed by atoms with Crippen molar-refractivity contribution >= 4 is 28.2 Å². The Bertz CT molecular complexity index is 309. The van der Waals surface area contributed by atoms with Gasteiger partial charge < -0.3 is 5.32 Å². The molecule has 0 bridgehead atoms. The van der Waals surface area contributed by atoms with Crippen LogP contribution < -0.4 is 5.32 Å². The van der Waals surface area contributed by atoms with Gasteiger partial charge in [-0.3, -0.25) is 4.90 Å². The van der Waals surface area contributed by atoms with E-state index in [9.17, 15) is 0 Å². The van der Waals surface area contributed by atoms with E-state index in [4.69, 9.17) is 0 Å². The Hall–Kier alpha value is -0.330. The van der Waals surface area contributed by atoms with Crippen LogP contribution in [-0.2, 0) is 6.54 Å². The lowest BCUT2D eigenvalue weighted by Gasteiger charge is -2.21. The highest BCUT2D eigenvalue weighted by atomic mass is 32.2. The first-order valence-corrected chi connectivity index (χ1v) is 7.05. The zero-order valence-electron chi connectivity index (χ0n) is 9.06. The van der Waals surface area contributed by atoms with Crippen molar-refractivity contribution in [1.82, 2.24) is 15.1 Å². The number of nitrogens with zero attached hydrogens (tertiary/aromatic N) is 3. The molecule has 84 valence electrons. The maximum Gasteiger partial charge on any atom is 0.205 e. The van der Waals surface area contributed by atoms with E-state index in [1.807, 2.05) is 18.8 Å². The van der Waals surface area contributed by atoms with Crippen LogP contribution in [0.4, 0.5) is 5.13 Å². The molecule has 0 spiro atoms. The van der Waals surface area contributed by atoms with E-state index in [1.54, 1.807) is 11.3 Å². The van der Waals surface area contributed by atoms with Crippen LogP contribution in [0.5, 0.6) is 0 Å². The lowest BCUT2D eigenvalue weighted by atomic mass is 10.2. The van der Waals surface area contributed by atoms with Gasteiger partial charge in [-0.2, -0.15) is 11.8 Å². The molecule has 1 aliphatic heterocycles. The van der Waals surface area contributed by atoms with E-state index in [0.29, 0.717) is 0 Å². The minimum absolute atomic E-state index is 0.719. The van der Waals surface area contributed by atoms with Gasteiger partial charge in [0.1, 0.15) is 5.01 Å². The molecule has 0 saturated carbocycles. The minimum Gasteiger partial charge on any atom is -0.363 e. The van der Waals surface area contributed by atoms with E-state index in [1.165, 1.54) is 17.9 Å². The first-order valence-electron chi connectivity index (χ1n) is 5.07. The van der Waals surface area contributed by atoms with Crippen molar-refractivity contribution in [2.24, 2.45) is 0 Å². The SMILES string of the molecule is CNc1nnc(CN(C)C2CCSC2)s1. The predicted octanol–water partition coefficient (Wildman–Crippen LogP) is 1.52.